The lowest BCUT2D eigenvalue weighted by Gasteiger charge is -2.19. The van der Waals surface area contributed by atoms with E-state index >= 15 is 0 Å². The zero-order valence-electron chi connectivity index (χ0n) is 29.9. The Bertz CT molecular complexity index is 2110. The van der Waals surface area contributed by atoms with Crippen molar-refractivity contribution in [2.45, 2.75) is 39.3 Å². The molecule has 0 spiro atoms. The van der Waals surface area contributed by atoms with Crippen molar-refractivity contribution in [3.8, 4) is 55.7 Å². The number of amides is 2. The van der Waals surface area contributed by atoms with Crippen LogP contribution in [0.15, 0.2) is 78.2 Å². The number of methoxy groups -OCH3 is 3. The molecular formula is C41H40N2O8S. The van der Waals surface area contributed by atoms with Crippen LogP contribution in [0.3, 0.4) is 0 Å². The minimum absolute atomic E-state index is 0.266. The van der Waals surface area contributed by atoms with E-state index in [4.69, 9.17) is 23.7 Å². The largest absolute Gasteiger partial charge is 0.493 e. The van der Waals surface area contributed by atoms with Gasteiger partial charge in [0.1, 0.15) is 11.4 Å². The van der Waals surface area contributed by atoms with E-state index in [1.54, 1.807) is 64.5 Å². The summed E-state index contributed by atoms with van der Waals surface area (Å²) in [6.45, 7) is 6.16. The number of hydrogen-bond acceptors (Lipinski definition) is 9. The molecule has 52 heavy (non-hydrogen) atoms. The van der Waals surface area contributed by atoms with Crippen LogP contribution < -0.4 is 29.6 Å². The van der Waals surface area contributed by atoms with E-state index in [-0.39, 0.29) is 12.5 Å². The smallest absolute Gasteiger partial charge is 0.407 e. The normalized spacial score (nSPS) is 12.0. The van der Waals surface area contributed by atoms with Gasteiger partial charge in [-0.25, -0.2) is 4.79 Å². The molecule has 0 unspecified atom stereocenters. The Morgan fingerprint density at radius 1 is 0.846 bits per heavy atom. The standard InChI is InChI=1S/C41H40N2O8S/c1-41(2,3)51-40(46)42-22-24-7-10-29(11-8-24)43-39(45)32-20-33-34(50-15-13-25-14-16-52-38(25)33)21-31(32)30-12-9-26(17-28(30)23-44)27-18-35(47-4)37(49-6)36(19-27)48-5/h7-12,14,16-21,23H,13,15,22H2,1-6H3,(H,42,46)(H,43,45). The third-order valence-corrected chi connectivity index (χ3v) is 9.49. The van der Waals surface area contributed by atoms with Crippen molar-refractivity contribution in [1.29, 1.82) is 0 Å². The number of aldehydes is 1. The third-order valence-electron chi connectivity index (χ3n) is 8.50. The van der Waals surface area contributed by atoms with Crippen molar-refractivity contribution in [1.82, 2.24) is 5.32 Å². The van der Waals surface area contributed by atoms with Gasteiger partial charge in [-0.05, 0) is 108 Å². The SMILES string of the molecule is COc1cc(-c2ccc(-c3cc4c(cc3C(=O)Nc3ccc(CNC(=O)OC(C)(C)C)cc3)-c3sccc3CCO4)c(C=O)c2)cc(OC)c1OC. The number of rotatable bonds is 10. The Morgan fingerprint density at radius 2 is 1.58 bits per heavy atom. The number of nitrogens with one attached hydrogen (secondary N) is 2. The zero-order valence-corrected chi connectivity index (χ0v) is 30.7. The van der Waals surface area contributed by atoms with Gasteiger partial charge in [-0.15, -0.1) is 11.3 Å². The van der Waals surface area contributed by atoms with Crippen molar-refractivity contribution in [2.75, 3.05) is 33.3 Å². The minimum atomic E-state index is -0.600. The summed E-state index contributed by atoms with van der Waals surface area (Å²) in [5.41, 5.74) is 6.15. The predicted octanol–water partition coefficient (Wildman–Crippen LogP) is 8.80. The average molecular weight is 721 g/mol. The van der Waals surface area contributed by atoms with Crippen LogP contribution in [0.2, 0.25) is 0 Å². The monoisotopic (exact) mass is 720 g/mol. The van der Waals surface area contributed by atoms with E-state index in [9.17, 15) is 14.4 Å². The number of ether oxygens (including phenoxy) is 5. The number of carbonyl (C=O) groups excluding carboxylic acids is 3. The zero-order chi connectivity index (χ0) is 37.0. The molecule has 6 rings (SSSR count). The lowest BCUT2D eigenvalue weighted by molar-refractivity contribution is 0.0523. The second-order valence-electron chi connectivity index (χ2n) is 13.1. The molecule has 0 aliphatic carbocycles. The van der Waals surface area contributed by atoms with Crippen LogP contribution in [0.5, 0.6) is 23.0 Å². The van der Waals surface area contributed by atoms with Crippen LogP contribution in [0.1, 0.15) is 52.6 Å². The molecule has 0 radical (unpaired) electrons. The number of thiophene rings is 1. The lowest BCUT2D eigenvalue weighted by Crippen LogP contribution is -2.32. The molecule has 4 aromatic carbocycles. The number of anilines is 1. The van der Waals surface area contributed by atoms with E-state index in [0.29, 0.717) is 57.5 Å². The van der Waals surface area contributed by atoms with Crippen molar-refractivity contribution in [3.05, 3.63) is 100 Å². The van der Waals surface area contributed by atoms with E-state index in [2.05, 4.69) is 16.7 Å². The number of carbonyl (C=O) groups is 3. The molecule has 0 saturated carbocycles. The molecule has 0 fully saturated rings. The second kappa shape index (κ2) is 15.2. The molecular weight excluding hydrogens is 681 g/mol. The van der Waals surface area contributed by atoms with E-state index in [1.807, 2.05) is 53.9 Å². The van der Waals surface area contributed by atoms with E-state index < -0.39 is 11.7 Å². The first-order valence-corrected chi connectivity index (χ1v) is 17.5. The molecule has 1 aliphatic heterocycles. The van der Waals surface area contributed by atoms with Crippen LogP contribution in [-0.4, -0.2) is 51.8 Å². The average Bonchev–Trinajstić information content (AvgIpc) is 3.53. The molecule has 268 valence electrons. The fraction of sp³-hybridized carbons (Fsp3) is 0.244. The summed E-state index contributed by atoms with van der Waals surface area (Å²) in [5.74, 6) is 1.71. The summed E-state index contributed by atoms with van der Waals surface area (Å²) in [6, 6.07) is 22.1. The maximum atomic E-state index is 14.2. The molecule has 0 saturated heterocycles. The van der Waals surface area contributed by atoms with Gasteiger partial charge < -0.3 is 34.3 Å². The number of benzene rings is 4. The summed E-state index contributed by atoms with van der Waals surface area (Å²) in [5, 5.41) is 7.81. The van der Waals surface area contributed by atoms with Crippen LogP contribution in [0.4, 0.5) is 10.5 Å². The number of hydrogen-bond donors (Lipinski definition) is 2. The van der Waals surface area contributed by atoms with Crippen molar-refractivity contribution >= 4 is 35.3 Å². The Labute approximate surface area is 306 Å². The maximum Gasteiger partial charge on any atom is 0.407 e. The molecule has 0 bridgehead atoms. The van der Waals surface area contributed by atoms with Gasteiger partial charge in [-0.2, -0.15) is 0 Å². The van der Waals surface area contributed by atoms with Crippen molar-refractivity contribution in [2.24, 2.45) is 0 Å². The molecule has 0 atom stereocenters. The number of fused-ring (bicyclic) bond motifs is 3. The summed E-state index contributed by atoms with van der Waals surface area (Å²) >= 11 is 1.60. The lowest BCUT2D eigenvalue weighted by atomic mass is 9.90. The van der Waals surface area contributed by atoms with Gasteiger partial charge in [0.05, 0.1) is 27.9 Å². The first-order valence-electron chi connectivity index (χ1n) is 16.7. The summed E-state index contributed by atoms with van der Waals surface area (Å²) in [4.78, 5) is 40.1. The van der Waals surface area contributed by atoms with Crippen LogP contribution in [-0.2, 0) is 17.7 Å². The van der Waals surface area contributed by atoms with Gasteiger partial charge in [0.2, 0.25) is 5.75 Å². The maximum absolute atomic E-state index is 14.2. The van der Waals surface area contributed by atoms with Crippen LogP contribution in [0.25, 0.3) is 32.7 Å². The van der Waals surface area contributed by atoms with Crippen LogP contribution >= 0.6 is 11.3 Å². The fourth-order valence-corrected chi connectivity index (χ4v) is 7.03. The molecule has 1 aromatic heterocycles. The third kappa shape index (κ3) is 7.74. The van der Waals surface area contributed by atoms with E-state index in [0.717, 1.165) is 45.4 Å². The quantitative estimate of drug-likeness (QED) is 0.137. The Kier molecular flexibility index (Phi) is 10.5. The molecule has 5 aromatic rings. The Hall–Kier alpha value is -5.81. The van der Waals surface area contributed by atoms with E-state index in [1.165, 1.54) is 7.11 Å². The Balaban J connectivity index is 1.37. The molecule has 2 N–H and O–H groups in total. The fourth-order valence-electron chi connectivity index (χ4n) is 6.05. The highest BCUT2D eigenvalue weighted by molar-refractivity contribution is 7.13. The van der Waals surface area contributed by atoms with Crippen molar-refractivity contribution < 1.29 is 38.1 Å². The van der Waals surface area contributed by atoms with Gasteiger partial charge in [0.25, 0.3) is 5.91 Å². The highest BCUT2D eigenvalue weighted by Crippen LogP contribution is 2.45. The Morgan fingerprint density at radius 3 is 2.23 bits per heavy atom. The number of alkyl carbamates (subject to hydrolysis) is 1. The molecule has 11 heteroatoms. The first-order chi connectivity index (χ1) is 25.0. The summed E-state index contributed by atoms with van der Waals surface area (Å²) in [6.07, 6.45) is 1.01. The molecule has 2 amide bonds. The highest BCUT2D eigenvalue weighted by Gasteiger charge is 2.25. The first kappa shape index (κ1) is 36.0. The van der Waals surface area contributed by atoms with Crippen molar-refractivity contribution in [3.63, 3.8) is 0 Å². The molecule has 1 aliphatic rings. The predicted molar refractivity (Wildman–Crippen MR) is 202 cm³/mol. The van der Waals surface area contributed by atoms with Gasteiger partial charge in [-0.1, -0.05) is 24.3 Å². The van der Waals surface area contributed by atoms with Crippen LogP contribution in [0, 0.1) is 0 Å². The minimum Gasteiger partial charge on any atom is -0.493 e. The van der Waals surface area contributed by atoms with Gasteiger partial charge in [-0.3, -0.25) is 9.59 Å². The van der Waals surface area contributed by atoms with Gasteiger partial charge in [0, 0.05) is 40.2 Å². The molecule has 2 heterocycles. The second-order valence-corrected chi connectivity index (χ2v) is 14.0. The molecule has 10 nitrogen and oxygen atoms in total. The topological polar surface area (TPSA) is 121 Å². The highest BCUT2D eigenvalue weighted by atomic mass is 32.1. The van der Waals surface area contributed by atoms with Gasteiger partial charge in [0.15, 0.2) is 17.8 Å². The van der Waals surface area contributed by atoms with Gasteiger partial charge >= 0.3 is 6.09 Å². The summed E-state index contributed by atoms with van der Waals surface area (Å²) < 4.78 is 28.1. The summed E-state index contributed by atoms with van der Waals surface area (Å²) in [7, 11) is 4.63.